The molecule has 6 heteroatoms. The Kier molecular flexibility index (Phi) is 5.74. The second kappa shape index (κ2) is 6.83. The van der Waals surface area contributed by atoms with Gasteiger partial charge in [-0.05, 0) is 23.3 Å². The lowest BCUT2D eigenvalue weighted by Gasteiger charge is -2.08. The van der Waals surface area contributed by atoms with E-state index < -0.39 is 4.92 Å². The zero-order valence-corrected chi connectivity index (χ0v) is 11.0. The van der Waals surface area contributed by atoms with Gasteiger partial charge < -0.3 is 5.11 Å². The first-order valence-electron chi connectivity index (χ1n) is 5.16. The van der Waals surface area contributed by atoms with E-state index in [9.17, 15) is 10.1 Å². The molecule has 0 saturated carbocycles. The summed E-state index contributed by atoms with van der Waals surface area (Å²) in [6.45, 7) is 2.13. The van der Waals surface area contributed by atoms with Crippen LogP contribution in [0.2, 0.25) is 5.02 Å². The highest BCUT2D eigenvalue weighted by Gasteiger charge is 2.09. The van der Waals surface area contributed by atoms with Crippen LogP contribution in [0.1, 0.15) is 12.5 Å². The van der Waals surface area contributed by atoms with Gasteiger partial charge in [-0.25, -0.2) is 0 Å². The van der Waals surface area contributed by atoms with E-state index >= 15 is 0 Å². The molecule has 4 nitrogen and oxygen atoms in total. The predicted molar refractivity (Wildman–Crippen MR) is 70.5 cm³/mol. The number of nitrogens with zero attached hydrogens (tertiary/aromatic N) is 1. The van der Waals surface area contributed by atoms with Gasteiger partial charge in [-0.2, -0.15) is 11.8 Å². The van der Waals surface area contributed by atoms with Gasteiger partial charge in [0.1, 0.15) is 0 Å². The lowest BCUT2D eigenvalue weighted by Crippen LogP contribution is -2.03. The molecule has 0 spiro atoms. The number of hydrogen-bond donors (Lipinski definition) is 1. The van der Waals surface area contributed by atoms with Crippen molar-refractivity contribution in [1.29, 1.82) is 0 Å². The lowest BCUT2D eigenvalue weighted by molar-refractivity contribution is -0.384. The lowest BCUT2D eigenvalue weighted by atomic mass is 10.2. The van der Waals surface area contributed by atoms with Gasteiger partial charge >= 0.3 is 0 Å². The average Bonchev–Trinajstić information content (AvgIpc) is 2.30. The summed E-state index contributed by atoms with van der Waals surface area (Å²) < 4.78 is 0. The zero-order valence-electron chi connectivity index (χ0n) is 9.43. The summed E-state index contributed by atoms with van der Waals surface area (Å²) >= 11 is 7.61. The molecule has 1 aromatic rings. The Morgan fingerprint density at radius 3 is 2.82 bits per heavy atom. The summed E-state index contributed by atoms with van der Waals surface area (Å²) in [5.74, 6) is 1.78. The second-order valence-electron chi connectivity index (χ2n) is 3.84. The van der Waals surface area contributed by atoms with Crippen LogP contribution in [-0.2, 0) is 5.75 Å². The summed E-state index contributed by atoms with van der Waals surface area (Å²) in [7, 11) is 0. The number of benzene rings is 1. The minimum atomic E-state index is -0.462. The highest BCUT2D eigenvalue weighted by Crippen LogP contribution is 2.26. The van der Waals surface area contributed by atoms with Crippen LogP contribution in [0.25, 0.3) is 0 Å². The van der Waals surface area contributed by atoms with Crippen molar-refractivity contribution in [3.05, 3.63) is 38.9 Å². The minimum absolute atomic E-state index is 0.00692. The molecule has 1 unspecified atom stereocenters. The largest absolute Gasteiger partial charge is 0.396 e. The first kappa shape index (κ1) is 14.3. The van der Waals surface area contributed by atoms with Crippen molar-refractivity contribution >= 4 is 29.1 Å². The third kappa shape index (κ3) is 4.53. The molecule has 1 atom stereocenters. The SMILES string of the molecule is CC(CO)CSCc1ccc([N+](=O)[O-])cc1Cl. The molecule has 1 rings (SSSR count). The first-order valence-corrected chi connectivity index (χ1v) is 6.69. The Labute approximate surface area is 109 Å². The molecule has 0 amide bonds. The molecule has 0 heterocycles. The average molecular weight is 276 g/mol. The Morgan fingerprint density at radius 1 is 1.59 bits per heavy atom. The predicted octanol–water partition coefficient (Wildman–Crippen LogP) is 3.11. The quantitative estimate of drug-likeness (QED) is 0.640. The molecule has 0 fully saturated rings. The summed E-state index contributed by atoms with van der Waals surface area (Å²) in [4.78, 5) is 10.1. The maximum absolute atomic E-state index is 10.5. The minimum Gasteiger partial charge on any atom is -0.396 e. The van der Waals surface area contributed by atoms with Crippen molar-refractivity contribution in [3.63, 3.8) is 0 Å². The van der Waals surface area contributed by atoms with Crippen LogP contribution < -0.4 is 0 Å². The summed E-state index contributed by atoms with van der Waals surface area (Å²) in [5.41, 5.74) is 0.889. The Bertz CT molecular complexity index is 400. The fraction of sp³-hybridized carbons (Fsp3) is 0.455. The molecule has 0 aliphatic carbocycles. The van der Waals surface area contributed by atoms with Crippen LogP contribution in [-0.4, -0.2) is 22.4 Å². The van der Waals surface area contributed by atoms with Gasteiger partial charge in [-0.15, -0.1) is 0 Å². The van der Waals surface area contributed by atoms with Crippen LogP contribution in [0.5, 0.6) is 0 Å². The summed E-state index contributed by atoms with van der Waals surface area (Å²) in [5, 5.41) is 19.8. The maximum atomic E-state index is 10.5. The number of rotatable bonds is 6. The second-order valence-corrected chi connectivity index (χ2v) is 5.27. The number of nitro groups is 1. The Balaban J connectivity index is 2.57. The van der Waals surface area contributed by atoms with Crippen molar-refractivity contribution < 1.29 is 10.0 Å². The van der Waals surface area contributed by atoms with E-state index in [1.54, 1.807) is 17.8 Å². The van der Waals surface area contributed by atoms with Gasteiger partial charge in [0.05, 0.1) is 9.95 Å². The number of hydrogen-bond acceptors (Lipinski definition) is 4. The molecule has 0 aliphatic heterocycles. The van der Waals surface area contributed by atoms with Gasteiger partial charge in [0.15, 0.2) is 0 Å². The Morgan fingerprint density at radius 2 is 2.29 bits per heavy atom. The first-order chi connectivity index (χ1) is 8.04. The molecular formula is C11H14ClNO3S. The van der Waals surface area contributed by atoms with Crippen LogP contribution in [0.3, 0.4) is 0 Å². The van der Waals surface area contributed by atoms with Crippen molar-refractivity contribution in [3.8, 4) is 0 Å². The summed E-state index contributed by atoms with van der Waals surface area (Å²) in [6, 6.07) is 4.50. The van der Waals surface area contributed by atoms with Crippen molar-refractivity contribution in [2.75, 3.05) is 12.4 Å². The van der Waals surface area contributed by atoms with E-state index in [4.69, 9.17) is 16.7 Å². The van der Waals surface area contributed by atoms with Crippen LogP contribution >= 0.6 is 23.4 Å². The van der Waals surface area contributed by atoms with Crippen molar-refractivity contribution in [2.24, 2.45) is 5.92 Å². The van der Waals surface area contributed by atoms with Crippen molar-refractivity contribution in [2.45, 2.75) is 12.7 Å². The number of non-ortho nitro benzene ring substituents is 1. The number of aliphatic hydroxyl groups is 1. The van der Waals surface area contributed by atoms with Crippen LogP contribution in [0, 0.1) is 16.0 Å². The smallest absolute Gasteiger partial charge is 0.270 e. The molecule has 1 aromatic carbocycles. The molecule has 0 aliphatic rings. The van der Waals surface area contributed by atoms with Crippen molar-refractivity contribution in [1.82, 2.24) is 0 Å². The van der Waals surface area contributed by atoms with Gasteiger partial charge in [0.25, 0.3) is 5.69 Å². The molecule has 0 bridgehead atoms. The van der Waals surface area contributed by atoms with E-state index in [1.165, 1.54) is 12.1 Å². The molecule has 94 valence electrons. The van der Waals surface area contributed by atoms with E-state index in [0.29, 0.717) is 10.8 Å². The fourth-order valence-electron chi connectivity index (χ4n) is 1.19. The van der Waals surface area contributed by atoms with E-state index in [1.807, 2.05) is 6.92 Å². The van der Waals surface area contributed by atoms with Gasteiger partial charge in [-0.1, -0.05) is 18.5 Å². The standard InChI is InChI=1S/C11H14ClNO3S/c1-8(5-14)6-17-7-9-2-3-10(13(15)16)4-11(9)12/h2-4,8,14H,5-7H2,1H3. The zero-order chi connectivity index (χ0) is 12.8. The molecule has 1 N–H and O–H groups in total. The molecule has 0 radical (unpaired) electrons. The molecule has 0 saturated heterocycles. The highest BCUT2D eigenvalue weighted by molar-refractivity contribution is 7.98. The number of halogens is 1. The summed E-state index contributed by atoms with van der Waals surface area (Å²) in [6.07, 6.45) is 0. The topological polar surface area (TPSA) is 63.4 Å². The maximum Gasteiger partial charge on any atom is 0.270 e. The highest BCUT2D eigenvalue weighted by atomic mass is 35.5. The van der Waals surface area contributed by atoms with E-state index in [2.05, 4.69) is 0 Å². The Hall–Kier alpha value is -0.780. The van der Waals surface area contributed by atoms with Gasteiger partial charge in [0.2, 0.25) is 0 Å². The number of aliphatic hydroxyl groups excluding tert-OH is 1. The van der Waals surface area contributed by atoms with Crippen LogP contribution in [0.15, 0.2) is 18.2 Å². The monoisotopic (exact) mass is 275 g/mol. The molecule has 17 heavy (non-hydrogen) atoms. The van der Waals surface area contributed by atoms with Crippen LogP contribution in [0.4, 0.5) is 5.69 Å². The normalized spacial score (nSPS) is 12.4. The molecular weight excluding hydrogens is 262 g/mol. The van der Waals surface area contributed by atoms with E-state index in [-0.39, 0.29) is 18.2 Å². The third-order valence-electron chi connectivity index (χ3n) is 2.22. The van der Waals surface area contributed by atoms with Gasteiger partial charge in [0, 0.05) is 24.5 Å². The molecule has 0 aromatic heterocycles. The van der Waals surface area contributed by atoms with E-state index in [0.717, 1.165) is 11.3 Å². The number of nitro benzene ring substituents is 1. The fourth-order valence-corrected chi connectivity index (χ4v) is 2.61. The third-order valence-corrected chi connectivity index (χ3v) is 3.89. The number of thioether (sulfide) groups is 1. The van der Waals surface area contributed by atoms with Gasteiger partial charge in [-0.3, -0.25) is 10.1 Å².